The molecule has 0 radical (unpaired) electrons. The molecule has 3 rings (SSSR count). The Bertz CT molecular complexity index is 768. The molecule has 0 saturated heterocycles. The predicted molar refractivity (Wildman–Crippen MR) is 72.3 cm³/mol. The van der Waals surface area contributed by atoms with Crippen LogP contribution >= 0.6 is 11.3 Å². The number of nitrogens with zero attached hydrogens (tertiary/aromatic N) is 3. The van der Waals surface area contributed by atoms with E-state index in [1.165, 1.54) is 0 Å². The Balaban J connectivity index is 2.19. The molecule has 0 atom stereocenters. The lowest BCUT2D eigenvalue weighted by Gasteiger charge is -2.00. The number of benzene rings is 1. The number of hydrogen-bond donors (Lipinski definition) is 0. The summed E-state index contributed by atoms with van der Waals surface area (Å²) in [5.74, 6) is 0.668. The van der Waals surface area contributed by atoms with Crippen molar-refractivity contribution in [3.63, 3.8) is 0 Å². The topological polar surface area (TPSA) is 49.6 Å². The van der Waals surface area contributed by atoms with Gasteiger partial charge in [0.2, 0.25) is 0 Å². The van der Waals surface area contributed by atoms with Gasteiger partial charge < -0.3 is 0 Å². The van der Waals surface area contributed by atoms with Gasteiger partial charge in [-0.25, -0.2) is 9.97 Å². The van der Waals surface area contributed by atoms with E-state index in [2.05, 4.69) is 21.4 Å². The first-order valence-corrected chi connectivity index (χ1v) is 6.37. The van der Waals surface area contributed by atoms with E-state index >= 15 is 0 Å². The van der Waals surface area contributed by atoms with Crippen LogP contribution in [0.5, 0.6) is 0 Å². The minimum Gasteiger partial charge on any atom is -0.235 e. The van der Waals surface area contributed by atoms with Gasteiger partial charge in [-0.2, -0.15) is 5.26 Å². The molecule has 0 unspecified atom stereocenters. The minimum absolute atomic E-state index is 0.623. The van der Waals surface area contributed by atoms with E-state index in [-0.39, 0.29) is 0 Å². The first-order valence-electron chi connectivity index (χ1n) is 5.49. The van der Waals surface area contributed by atoms with Gasteiger partial charge in [0.05, 0.1) is 21.8 Å². The number of nitriles is 1. The van der Waals surface area contributed by atoms with Gasteiger partial charge in [0, 0.05) is 11.8 Å². The smallest absolute Gasteiger partial charge is 0.159 e. The number of rotatable bonds is 1. The fourth-order valence-corrected chi connectivity index (χ4v) is 2.66. The molecular formula is C14H9N3S. The zero-order chi connectivity index (χ0) is 12.5. The molecule has 1 aromatic carbocycles. The fourth-order valence-electron chi connectivity index (χ4n) is 1.81. The molecule has 3 aromatic rings. The molecule has 3 nitrogen and oxygen atoms in total. The number of thiophene rings is 1. The van der Waals surface area contributed by atoms with Crippen LogP contribution < -0.4 is 0 Å². The second-order valence-corrected chi connectivity index (χ2v) is 4.93. The Kier molecular flexibility index (Phi) is 2.54. The molecule has 18 heavy (non-hydrogen) atoms. The highest BCUT2D eigenvalue weighted by atomic mass is 32.1. The van der Waals surface area contributed by atoms with Crippen LogP contribution in [-0.2, 0) is 0 Å². The van der Waals surface area contributed by atoms with E-state index in [4.69, 9.17) is 5.26 Å². The molecule has 0 fully saturated rings. The molecule has 2 aromatic heterocycles. The van der Waals surface area contributed by atoms with Crippen LogP contribution in [0.3, 0.4) is 0 Å². The maximum atomic E-state index is 8.90. The Morgan fingerprint density at radius 3 is 3.06 bits per heavy atom. The highest BCUT2D eigenvalue weighted by molar-refractivity contribution is 7.17. The van der Waals surface area contributed by atoms with E-state index in [9.17, 15) is 0 Å². The Morgan fingerprint density at radius 2 is 2.22 bits per heavy atom. The first-order chi connectivity index (χ1) is 8.78. The molecule has 4 heteroatoms. The lowest BCUT2D eigenvalue weighted by molar-refractivity contribution is 1.23. The molecule has 86 valence electrons. The molecule has 0 amide bonds. The van der Waals surface area contributed by atoms with E-state index < -0.39 is 0 Å². The average Bonchev–Trinajstić information content (AvgIpc) is 2.80. The van der Waals surface area contributed by atoms with Crippen molar-refractivity contribution in [3.05, 3.63) is 47.0 Å². The van der Waals surface area contributed by atoms with Crippen molar-refractivity contribution in [2.24, 2.45) is 0 Å². The van der Waals surface area contributed by atoms with Crippen LogP contribution in [0.2, 0.25) is 0 Å². The minimum atomic E-state index is 0.623. The lowest BCUT2D eigenvalue weighted by Crippen LogP contribution is -1.89. The van der Waals surface area contributed by atoms with Gasteiger partial charge in [0.15, 0.2) is 5.82 Å². The molecule has 0 aliphatic carbocycles. The van der Waals surface area contributed by atoms with Gasteiger partial charge in [0.25, 0.3) is 0 Å². The maximum absolute atomic E-state index is 8.90. The summed E-state index contributed by atoms with van der Waals surface area (Å²) < 4.78 is 1.09. The number of fused-ring (bicyclic) bond motifs is 1. The third kappa shape index (κ3) is 1.75. The summed E-state index contributed by atoms with van der Waals surface area (Å²) in [6.45, 7) is 2.04. The summed E-state index contributed by atoms with van der Waals surface area (Å²) in [4.78, 5) is 8.93. The highest BCUT2D eigenvalue weighted by Crippen LogP contribution is 2.25. The van der Waals surface area contributed by atoms with E-state index in [1.54, 1.807) is 17.4 Å². The quantitative estimate of drug-likeness (QED) is 0.664. The zero-order valence-electron chi connectivity index (χ0n) is 9.71. The van der Waals surface area contributed by atoms with Crippen molar-refractivity contribution in [2.75, 3.05) is 0 Å². The molecule has 0 spiro atoms. The van der Waals surface area contributed by atoms with Gasteiger partial charge in [0.1, 0.15) is 0 Å². The van der Waals surface area contributed by atoms with Crippen molar-refractivity contribution in [3.8, 4) is 17.5 Å². The van der Waals surface area contributed by atoms with E-state index in [0.717, 1.165) is 21.3 Å². The summed E-state index contributed by atoms with van der Waals surface area (Å²) in [7, 11) is 0. The number of aryl methyl sites for hydroxylation is 1. The predicted octanol–water partition coefficient (Wildman–Crippen LogP) is 3.54. The third-order valence-corrected chi connectivity index (χ3v) is 3.77. The summed E-state index contributed by atoms with van der Waals surface area (Å²) in [5.41, 5.74) is 3.65. The second-order valence-electron chi connectivity index (χ2n) is 4.02. The first kappa shape index (κ1) is 10.9. The van der Waals surface area contributed by atoms with Gasteiger partial charge in [-0.15, -0.1) is 11.3 Å². The molecule has 0 saturated carbocycles. The lowest BCUT2D eigenvalue weighted by atomic mass is 10.1. The normalized spacial score (nSPS) is 10.4. The van der Waals surface area contributed by atoms with E-state index in [0.29, 0.717) is 11.4 Å². The average molecular weight is 251 g/mol. The third-order valence-electron chi connectivity index (χ3n) is 2.74. The van der Waals surface area contributed by atoms with Crippen LogP contribution in [-0.4, -0.2) is 9.97 Å². The molecule has 0 N–H and O–H groups in total. The van der Waals surface area contributed by atoms with E-state index in [1.807, 2.05) is 31.3 Å². The Morgan fingerprint density at radius 1 is 1.33 bits per heavy atom. The van der Waals surface area contributed by atoms with Crippen molar-refractivity contribution in [2.45, 2.75) is 6.92 Å². The van der Waals surface area contributed by atoms with Crippen LogP contribution in [0.25, 0.3) is 21.6 Å². The monoisotopic (exact) mass is 251 g/mol. The Labute approximate surface area is 108 Å². The Hall–Kier alpha value is -2.25. The van der Waals surface area contributed by atoms with Crippen molar-refractivity contribution in [1.82, 2.24) is 9.97 Å². The van der Waals surface area contributed by atoms with Gasteiger partial charge in [-0.3, -0.25) is 0 Å². The van der Waals surface area contributed by atoms with Crippen LogP contribution in [0, 0.1) is 18.3 Å². The van der Waals surface area contributed by atoms with Gasteiger partial charge in [-0.1, -0.05) is 12.1 Å². The van der Waals surface area contributed by atoms with Crippen molar-refractivity contribution in [1.29, 1.82) is 5.26 Å². The summed E-state index contributed by atoms with van der Waals surface area (Å²) in [5, 5.41) is 11.0. The van der Waals surface area contributed by atoms with Crippen LogP contribution in [0.4, 0.5) is 0 Å². The molecule has 2 heterocycles. The highest BCUT2D eigenvalue weighted by Gasteiger charge is 2.07. The molecular weight excluding hydrogens is 242 g/mol. The summed E-state index contributed by atoms with van der Waals surface area (Å²) >= 11 is 1.65. The molecule has 0 aliphatic rings. The second kappa shape index (κ2) is 4.21. The van der Waals surface area contributed by atoms with Gasteiger partial charge in [-0.05, 0) is 30.0 Å². The van der Waals surface area contributed by atoms with Crippen LogP contribution in [0.15, 0.2) is 35.8 Å². The summed E-state index contributed by atoms with van der Waals surface area (Å²) in [6.07, 6.45) is 1.84. The van der Waals surface area contributed by atoms with Crippen molar-refractivity contribution < 1.29 is 0 Å². The van der Waals surface area contributed by atoms with Crippen LogP contribution in [0.1, 0.15) is 11.1 Å². The van der Waals surface area contributed by atoms with Crippen molar-refractivity contribution >= 4 is 21.6 Å². The van der Waals surface area contributed by atoms with Gasteiger partial charge >= 0.3 is 0 Å². The largest absolute Gasteiger partial charge is 0.235 e. The number of aromatic nitrogens is 2. The maximum Gasteiger partial charge on any atom is 0.159 e. The number of hydrogen-bond acceptors (Lipinski definition) is 4. The molecule has 0 bridgehead atoms. The summed E-state index contributed by atoms with van der Waals surface area (Å²) in [6, 6.07) is 9.48. The zero-order valence-corrected chi connectivity index (χ0v) is 10.5. The molecule has 0 aliphatic heterocycles. The SMILES string of the molecule is Cc1csc2cnc(-c3cccc(C#N)c3)nc12. The standard InChI is InChI=1S/C14H9N3S/c1-9-8-18-12-7-16-14(17-13(9)12)11-4-2-3-10(5-11)6-15/h2-5,7-8H,1H3. The fraction of sp³-hybridized carbons (Fsp3) is 0.0714.